The Bertz CT molecular complexity index is 1670. The molecule has 3 rings (SSSR count). The topological polar surface area (TPSA) is 186 Å². The number of nitrogens with one attached hydrogen (secondary N) is 2. The molecule has 0 heterocycles. The van der Waals surface area contributed by atoms with Crippen molar-refractivity contribution in [3.8, 4) is 0 Å². The molecule has 0 spiro atoms. The van der Waals surface area contributed by atoms with Gasteiger partial charge in [0.15, 0.2) is 0 Å². The summed E-state index contributed by atoms with van der Waals surface area (Å²) in [6.07, 6.45) is 2.04. The van der Waals surface area contributed by atoms with Gasteiger partial charge in [-0.15, -0.1) is 0 Å². The van der Waals surface area contributed by atoms with Crippen molar-refractivity contribution in [2.45, 2.75) is 54.7 Å². The van der Waals surface area contributed by atoms with Gasteiger partial charge in [-0.2, -0.15) is 16.1 Å². The van der Waals surface area contributed by atoms with Gasteiger partial charge in [0.2, 0.25) is 20.0 Å². The van der Waals surface area contributed by atoms with E-state index >= 15 is 0 Å². The average molecular weight is 707 g/mol. The van der Waals surface area contributed by atoms with E-state index in [0.29, 0.717) is 23.4 Å². The summed E-state index contributed by atoms with van der Waals surface area (Å²) in [5.41, 5.74) is 1.65. The first-order valence-electron chi connectivity index (χ1n) is 14.9. The van der Waals surface area contributed by atoms with Gasteiger partial charge in [-0.05, 0) is 78.3 Å². The Labute approximate surface area is 281 Å². The number of aliphatic hydroxyl groups is 1. The van der Waals surface area contributed by atoms with Crippen molar-refractivity contribution < 1.29 is 37.1 Å². The van der Waals surface area contributed by atoms with E-state index in [0.717, 1.165) is 16.1 Å². The molecule has 5 N–H and O–H groups in total. The van der Waals surface area contributed by atoms with Gasteiger partial charge in [0.25, 0.3) is 0 Å². The molecule has 12 nitrogen and oxygen atoms in total. The molecular weight excluding hydrogens is 665 g/mol. The summed E-state index contributed by atoms with van der Waals surface area (Å²) >= 11 is 1.52. The van der Waals surface area contributed by atoms with Gasteiger partial charge in [0.05, 0.1) is 28.2 Å². The molecule has 0 aromatic heterocycles. The number of oxime groups is 1. The molecule has 0 aliphatic rings. The second-order valence-electron chi connectivity index (χ2n) is 11.4. The van der Waals surface area contributed by atoms with Crippen molar-refractivity contribution >= 4 is 49.7 Å². The van der Waals surface area contributed by atoms with Gasteiger partial charge in [-0.3, -0.25) is 0 Å². The lowest BCUT2D eigenvalue weighted by atomic mass is 10.0. The first kappa shape index (κ1) is 38.0. The van der Waals surface area contributed by atoms with E-state index in [1.807, 2.05) is 20.1 Å². The zero-order valence-electron chi connectivity index (χ0n) is 26.4. The molecular formula is C32H42N4O8S3. The first-order valence-corrected chi connectivity index (χ1v) is 19.2. The Morgan fingerprint density at radius 3 is 2.11 bits per heavy atom. The second-order valence-corrected chi connectivity index (χ2v) is 16.0. The summed E-state index contributed by atoms with van der Waals surface area (Å²) in [5, 5.41) is 35.7. The van der Waals surface area contributed by atoms with Crippen LogP contribution in [0.3, 0.4) is 0 Å². The predicted octanol–water partition coefficient (Wildman–Crippen LogP) is 3.71. The number of sulfonamides is 2. The van der Waals surface area contributed by atoms with E-state index in [9.17, 15) is 31.8 Å². The molecule has 0 aliphatic carbocycles. The minimum Gasteiger partial charge on any atom is -0.480 e. The second kappa shape index (κ2) is 17.6. The third-order valence-electron chi connectivity index (χ3n) is 7.17. The smallest absolute Gasteiger partial charge is 0.326 e. The molecule has 15 heteroatoms. The summed E-state index contributed by atoms with van der Waals surface area (Å²) in [6.45, 7) is 3.34. The Balaban J connectivity index is 1.88. The summed E-state index contributed by atoms with van der Waals surface area (Å²) in [6, 6.07) is 18.3. The molecule has 0 amide bonds. The first-order chi connectivity index (χ1) is 22.3. The number of thioether (sulfide) groups is 1. The van der Waals surface area contributed by atoms with Crippen molar-refractivity contribution in [1.82, 2.24) is 9.03 Å². The van der Waals surface area contributed by atoms with Crippen LogP contribution in [-0.2, 0) is 31.3 Å². The lowest BCUT2D eigenvalue weighted by molar-refractivity contribution is -0.137. The highest BCUT2D eigenvalue weighted by molar-refractivity contribution is 7.98. The maximum atomic E-state index is 13.7. The van der Waals surface area contributed by atoms with Crippen LogP contribution in [0, 0.1) is 5.92 Å². The van der Waals surface area contributed by atoms with Crippen LogP contribution in [0.2, 0.25) is 0 Å². The number of nitrogens with zero attached hydrogens (tertiary/aromatic N) is 2. The fourth-order valence-corrected chi connectivity index (χ4v) is 8.13. The van der Waals surface area contributed by atoms with Crippen LogP contribution in [0.25, 0.3) is 0 Å². The molecule has 0 saturated heterocycles. The number of hydrogen-bond acceptors (Lipinski definition) is 10. The number of anilines is 1. The van der Waals surface area contributed by atoms with Crippen molar-refractivity contribution in [3.05, 3.63) is 90.0 Å². The van der Waals surface area contributed by atoms with Gasteiger partial charge >= 0.3 is 5.97 Å². The number of hydrogen-bond donors (Lipinski definition) is 5. The summed E-state index contributed by atoms with van der Waals surface area (Å²) in [4.78, 5) is 11.5. The van der Waals surface area contributed by atoms with Crippen molar-refractivity contribution in [3.63, 3.8) is 0 Å². The molecule has 47 heavy (non-hydrogen) atoms. The molecule has 3 aromatic rings. The Hall–Kier alpha value is -3.47. The summed E-state index contributed by atoms with van der Waals surface area (Å²) < 4.78 is 58.3. The quantitative estimate of drug-likeness (QED) is 0.0699. The molecule has 0 saturated carbocycles. The molecule has 0 bridgehead atoms. The number of benzene rings is 3. The molecule has 0 radical (unpaired) electrons. The molecule has 3 atom stereocenters. The Morgan fingerprint density at radius 2 is 1.55 bits per heavy atom. The maximum Gasteiger partial charge on any atom is 0.326 e. The largest absolute Gasteiger partial charge is 0.480 e. The van der Waals surface area contributed by atoms with Gasteiger partial charge < -0.3 is 20.7 Å². The highest BCUT2D eigenvalue weighted by atomic mass is 32.2. The van der Waals surface area contributed by atoms with Crippen LogP contribution < -0.4 is 10.0 Å². The zero-order chi connectivity index (χ0) is 34.6. The fourth-order valence-electron chi connectivity index (χ4n) is 4.77. The van der Waals surface area contributed by atoms with Gasteiger partial charge in [0, 0.05) is 18.8 Å². The van der Waals surface area contributed by atoms with E-state index in [2.05, 4.69) is 15.2 Å². The highest BCUT2D eigenvalue weighted by Gasteiger charge is 2.33. The third-order valence-corrected chi connectivity index (χ3v) is 11.2. The van der Waals surface area contributed by atoms with Gasteiger partial charge in [-0.25, -0.2) is 26.4 Å². The lowest BCUT2D eigenvalue weighted by Gasteiger charge is -2.30. The number of aliphatic carboxylic acids is 1. The monoisotopic (exact) mass is 706 g/mol. The van der Waals surface area contributed by atoms with Crippen LogP contribution in [0.4, 0.5) is 5.69 Å². The summed E-state index contributed by atoms with van der Waals surface area (Å²) in [5.74, 6) is -0.499. The molecule has 3 aromatic carbocycles. The minimum atomic E-state index is -4.22. The lowest BCUT2D eigenvalue weighted by Crippen LogP contribution is -2.51. The number of aliphatic hydroxyl groups excluding tert-OH is 1. The Kier molecular flexibility index (Phi) is 14.2. The SMILES string of the molecule is CSCC[C@H](Nc1ccc(S(=O)(=O)N[C@@H](Cc2ccccc2)[C@H](O)CN(CC(C)C)S(=O)(=O)c2ccc(/C=N/O)cc2)cc1)C(=O)O. The number of carboxylic acid groups (broad SMARTS) is 1. The van der Waals surface area contributed by atoms with E-state index in [-0.39, 0.29) is 28.7 Å². The molecule has 256 valence electrons. The van der Waals surface area contributed by atoms with Gasteiger partial charge in [-0.1, -0.05) is 61.5 Å². The Morgan fingerprint density at radius 1 is 0.936 bits per heavy atom. The number of carboxylic acids is 1. The number of rotatable bonds is 19. The third kappa shape index (κ3) is 11.3. The molecule has 0 aliphatic heterocycles. The van der Waals surface area contributed by atoms with E-state index in [1.54, 1.807) is 30.3 Å². The van der Waals surface area contributed by atoms with E-state index < -0.39 is 50.7 Å². The van der Waals surface area contributed by atoms with Gasteiger partial charge in [0.1, 0.15) is 6.04 Å². The maximum absolute atomic E-state index is 13.7. The standard InChI is InChI=1S/C32H42N4O8S3/c1-23(2)21-36(47(43,44)28-13-9-25(10-14-28)20-33-40)22-31(37)30(19-24-7-5-4-6-8-24)35-46(41,42)27-15-11-26(12-16-27)34-29(32(38)39)17-18-45-3/h4-16,20,23,29-31,34-35,37,40H,17-19,21-22H2,1-3H3,(H,38,39)/b33-20+/t29-,30-,31+/m0/s1. The van der Waals surface area contributed by atoms with Crippen LogP contribution in [-0.4, -0.2) is 92.0 Å². The highest BCUT2D eigenvalue weighted by Crippen LogP contribution is 2.22. The average Bonchev–Trinajstić information content (AvgIpc) is 3.03. The van der Waals surface area contributed by atoms with Crippen molar-refractivity contribution in [2.24, 2.45) is 11.1 Å². The molecule has 0 unspecified atom stereocenters. The minimum absolute atomic E-state index is 0.0343. The van der Waals surface area contributed by atoms with Crippen molar-refractivity contribution in [2.75, 3.05) is 30.4 Å². The van der Waals surface area contributed by atoms with Crippen molar-refractivity contribution in [1.29, 1.82) is 0 Å². The predicted molar refractivity (Wildman–Crippen MR) is 184 cm³/mol. The van der Waals surface area contributed by atoms with Crippen LogP contribution in [0.15, 0.2) is 93.8 Å². The van der Waals surface area contributed by atoms with Crippen LogP contribution in [0.5, 0.6) is 0 Å². The van der Waals surface area contributed by atoms with E-state index in [4.69, 9.17) is 5.21 Å². The van der Waals surface area contributed by atoms with E-state index in [1.165, 1.54) is 60.3 Å². The zero-order valence-corrected chi connectivity index (χ0v) is 28.9. The normalized spacial score (nSPS) is 14.3. The fraction of sp³-hybridized carbons (Fsp3) is 0.375. The van der Waals surface area contributed by atoms with Crippen LogP contribution >= 0.6 is 11.8 Å². The number of carbonyl (C=O) groups is 1. The summed E-state index contributed by atoms with van der Waals surface area (Å²) in [7, 11) is -8.33. The molecule has 0 fully saturated rings. The van der Waals surface area contributed by atoms with Crippen LogP contribution in [0.1, 0.15) is 31.4 Å².